The lowest BCUT2D eigenvalue weighted by atomic mass is 10.1. The molecule has 8 heteroatoms. The van der Waals surface area contributed by atoms with Gasteiger partial charge in [0, 0.05) is 19.7 Å². The molecule has 2 aromatic rings. The fourth-order valence-corrected chi connectivity index (χ4v) is 3.39. The highest BCUT2D eigenvalue weighted by Crippen LogP contribution is 2.28. The van der Waals surface area contributed by atoms with Crippen LogP contribution in [0.3, 0.4) is 0 Å². The minimum absolute atomic E-state index is 0.0708. The molecule has 0 spiro atoms. The summed E-state index contributed by atoms with van der Waals surface area (Å²) in [7, 11) is 3.07. The van der Waals surface area contributed by atoms with E-state index in [0.717, 1.165) is 11.1 Å². The van der Waals surface area contributed by atoms with Crippen LogP contribution in [0, 0.1) is 5.82 Å². The Morgan fingerprint density at radius 2 is 1.62 bits per heavy atom. The van der Waals surface area contributed by atoms with E-state index in [-0.39, 0.29) is 36.7 Å². The second kappa shape index (κ2) is 13.5. The molecule has 2 rings (SSSR count). The Morgan fingerprint density at radius 3 is 2.24 bits per heavy atom. The maximum absolute atomic E-state index is 13.4. The van der Waals surface area contributed by atoms with Crippen LogP contribution in [-0.4, -0.2) is 56.2 Å². The molecule has 7 nitrogen and oxygen atoms in total. The van der Waals surface area contributed by atoms with E-state index in [1.54, 1.807) is 44.4 Å². The van der Waals surface area contributed by atoms with Crippen LogP contribution >= 0.6 is 0 Å². The first kappa shape index (κ1) is 27.1. The number of nitrogens with zero attached hydrogens (tertiary/aromatic N) is 1. The number of benzene rings is 2. The zero-order valence-electron chi connectivity index (χ0n) is 20.6. The van der Waals surface area contributed by atoms with Gasteiger partial charge in [0.05, 0.1) is 26.7 Å². The van der Waals surface area contributed by atoms with Gasteiger partial charge in [0.15, 0.2) is 11.5 Å². The van der Waals surface area contributed by atoms with E-state index < -0.39 is 6.04 Å². The molecule has 1 N–H and O–H groups in total. The summed E-state index contributed by atoms with van der Waals surface area (Å²) in [5.74, 6) is 0.236. The van der Waals surface area contributed by atoms with Crippen LogP contribution < -0.4 is 14.8 Å². The number of hydrogen-bond acceptors (Lipinski definition) is 5. The van der Waals surface area contributed by atoms with Crippen molar-refractivity contribution in [1.82, 2.24) is 10.2 Å². The second-order valence-electron chi connectivity index (χ2n) is 8.25. The lowest BCUT2D eigenvalue weighted by Gasteiger charge is -2.29. The first-order chi connectivity index (χ1) is 16.2. The van der Waals surface area contributed by atoms with Crippen molar-refractivity contribution in [2.24, 2.45) is 0 Å². The van der Waals surface area contributed by atoms with Crippen LogP contribution in [0.2, 0.25) is 0 Å². The summed E-state index contributed by atoms with van der Waals surface area (Å²) in [5, 5.41) is 2.87. The van der Waals surface area contributed by atoms with E-state index in [1.807, 2.05) is 13.8 Å². The SMILES string of the molecule is COc1ccc(CC(=O)N(Cc2ccc(F)cc2)[C@H](C)C(=O)NCCCOC(C)C)cc1OC. The van der Waals surface area contributed by atoms with E-state index in [0.29, 0.717) is 31.1 Å². The molecule has 0 aliphatic carbocycles. The van der Waals surface area contributed by atoms with Crippen LogP contribution in [0.15, 0.2) is 42.5 Å². The maximum atomic E-state index is 13.4. The largest absolute Gasteiger partial charge is 0.493 e. The third-order valence-electron chi connectivity index (χ3n) is 5.31. The monoisotopic (exact) mass is 474 g/mol. The van der Waals surface area contributed by atoms with Crippen molar-refractivity contribution in [2.75, 3.05) is 27.4 Å². The number of hydrogen-bond donors (Lipinski definition) is 1. The molecular weight excluding hydrogens is 439 g/mol. The Bertz CT molecular complexity index is 933. The highest BCUT2D eigenvalue weighted by Gasteiger charge is 2.26. The fraction of sp³-hybridized carbons (Fsp3) is 0.462. The minimum atomic E-state index is -0.719. The predicted octanol–water partition coefficient (Wildman–Crippen LogP) is 3.73. The molecule has 2 aromatic carbocycles. The normalized spacial score (nSPS) is 11.7. The van der Waals surface area contributed by atoms with Crippen molar-refractivity contribution in [3.8, 4) is 11.5 Å². The Balaban J connectivity index is 2.13. The molecule has 2 amide bonds. The second-order valence-corrected chi connectivity index (χ2v) is 8.25. The van der Waals surface area contributed by atoms with Crippen molar-refractivity contribution >= 4 is 11.8 Å². The number of amides is 2. The van der Waals surface area contributed by atoms with Crippen LogP contribution in [-0.2, 0) is 27.3 Å². The smallest absolute Gasteiger partial charge is 0.242 e. The van der Waals surface area contributed by atoms with Crippen LogP contribution in [0.25, 0.3) is 0 Å². The van der Waals surface area contributed by atoms with E-state index in [4.69, 9.17) is 14.2 Å². The van der Waals surface area contributed by atoms with Crippen molar-refractivity contribution in [3.05, 3.63) is 59.4 Å². The van der Waals surface area contributed by atoms with E-state index in [1.165, 1.54) is 24.1 Å². The van der Waals surface area contributed by atoms with Crippen LogP contribution in [0.5, 0.6) is 11.5 Å². The van der Waals surface area contributed by atoms with Gasteiger partial charge < -0.3 is 24.4 Å². The molecule has 0 fully saturated rings. The summed E-state index contributed by atoms with van der Waals surface area (Å²) in [6.45, 7) is 6.78. The molecule has 0 aliphatic heterocycles. The Labute approximate surface area is 201 Å². The van der Waals surface area contributed by atoms with Crippen molar-refractivity contribution in [3.63, 3.8) is 0 Å². The standard InChI is InChI=1S/C26H35FN2O5/c1-18(2)34-14-6-13-28-26(31)19(3)29(17-20-7-10-22(27)11-8-20)25(30)16-21-9-12-23(32-4)24(15-21)33-5/h7-12,15,18-19H,6,13-14,16-17H2,1-5H3,(H,28,31)/t19-/m1/s1. The van der Waals surface area contributed by atoms with Gasteiger partial charge in [-0.15, -0.1) is 0 Å². The molecule has 0 radical (unpaired) electrons. The number of halogens is 1. The summed E-state index contributed by atoms with van der Waals surface area (Å²) in [6.07, 6.45) is 0.880. The third-order valence-corrected chi connectivity index (χ3v) is 5.31. The van der Waals surface area contributed by atoms with E-state index in [9.17, 15) is 14.0 Å². The van der Waals surface area contributed by atoms with Gasteiger partial charge in [-0.05, 0) is 62.6 Å². The molecule has 0 heterocycles. The fourth-order valence-electron chi connectivity index (χ4n) is 3.39. The Kier molecular flexibility index (Phi) is 10.8. The average Bonchev–Trinajstić information content (AvgIpc) is 2.82. The average molecular weight is 475 g/mol. The Morgan fingerprint density at radius 1 is 0.971 bits per heavy atom. The number of carbonyl (C=O) groups is 2. The molecule has 0 bridgehead atoms. The number of rotatable bonds is 13. The number of carbonyl (C=O) groups excluding carboxylic acids is 2. The summed E-state index contributed by atoms with van der Waals surface area (Å²) in [4.78, 5) is 27.6. The number of methoxy groups -OCH3 is 2. The highest BCUT2D eigenvalue weighted by molar-refractivity contribution is 5.88. The van der Waals surface area contributed by atoms with Gasteiger partial charge in [-0.1, -0.05) is 18.2 Å². The molecule has 0 saturated carbocycles. The summed E-state index contributed by atoms with van der Waals surface area (Å²) >= 11 is 0. The molecule has 34 heavy (non-hydrogen) atoms. The van der Waals surface area contributed by atoms with Gasteiger partial charge in [0.25, 0.3) is 0 Å². The van der Waals surface area contributed by atoms with Gasteiger partial charge in [-0.25, -0.2) is 4.39 Å². The minimum Gasteiger partial charge on any atom is -0.493 e. The predicted molar refractivity (Wildman–Crippen MR) is 128 cm³/mol. The molecule has 0 unspecified atom stereocenters. The number of nitrogens with one attached hydrogen (secondary N) is 1. The lowest BCUT2D eigenvalue weighted by molar-refractivity contribution is -0.140. The molecule has 0 aromatic heterocycles. The molecule has 1 atom stereocenters. The number of ether oxygens (including phenoxy) is 3. The first-order valence-electron chi connectivity index (χ1n) is 11.4. The van der Waals surface area contributed by atoms with Crippen molar-refractivity contribution in [1.29, 1.82) is 0 Å². The summed E-state index contributed by atoms with van der Waals surface area (Å²) in [5.41, 5.74) is 1.46. The van der Waals surface area contributed by atoms with Gasteiger partial charge >= 0.3 is 0 Å². The van der Waals surface area contributed by atoms with Crippen molar-refractivity contribution < 1.29 is 28.2 Å². The summed E-state index contributed by atoms with van der Waals surface area (Å²) in [6, 6.07) is 10.4. The van der Waals surface area contributed by atoms with Gasteiger partial charge in [0.1, 0.15) is 11.9 Å². The Hall–Kier alpha value is -3.13. The van der Waals surface area contributed by atoms with Gasteiger partial charge in [0.2, 0.25) is 11.8 Å². The zero-order chi connectivity index (χ0) is 25.1. The highest BCUT2D eigenvalue weighted by atomic mass is 19.1. The van der Waals surface area contributed by atoms with Crippen LogP contribution in [0.1, 0.15) is 38.3 Å². The van der Waals surface area contributed by atoms with Gasteiger partial charge in [-0.2, -0.15) is 0 Å². The topological polar surface area (TPSA) is 77.1 Å². The molecular formula is C26H35FN2O5. The molecule has 0 saturated heterocycles. The molecule has 186 valence electrons. The first-order valence-corrected chi connectivity index (χ1v) is 11.4. The summed E-state index contributed by atoms with van der Waals surface area (Å²) < 4.78 is 29.4. The lowest BCUT2D eigenvalue weighted by Crippen LogP contribution is -2.48. The van der Waals surface area contributed by atoms with E-state index in [2.05, 4.69) is 5.32 Å². The molecule has 0 aliphatic rings. The van der Waals surface area contributed by atoms with Crippen LogP contribution in [0.4, 0.5) is 4.39 Å². The van der Waals surface area contributed by atoms with E-state index >= 15 is 0 Å². The quantitative estimate of drug-likeness (QED) is 0.448. The zero-order valence-corrected chi connectivity index (χ0v) is 20.6. The third kappa shape index (κ3) is 8.33. The maximum Gasteiger partial charge on any atom is 0.242 e. The van der Waals surface area contributed by atoms with Crippen molar-refractivity contribution in [2.45, 2.75) is 52.3 Å². The van der Waals surface area contributed by atoms with Gasteiger partial charge in [-0.3, -0.25) is 9.59 Å².